The zero-order valence-corrected chi connectivity index (χ0v) is 12.7. The molecule has 1 unspecified atom stereocenters. The number of unbranched alkanes of at least 4 members (excludes halogenated alkanes) is 1. The highest BCUT2D eigenvalue weighted by Crippen LogP contribution is 2.17. The molecular weight excluding hydrogens is 250 g/mol. The minimum atomic E-state index is 0.0724. The van der Waals surface area contributed by atoms with E-state index in [-0.39, 0.29) is 11.7 Å². The van der Waals surface area contributed by atoms with Crippen molar-refractivity contribution in [2.24, 2.45) is 5.92 Å². The molecule has 0 aliphatic carbocycles. The Morgan fingerprint density at radius 1 is 1.30 bits per heavy atom. The van der Waals surface area contributed by atoms with Gasteiger partial charge in [0.15, 0.2) is 0 Å². The zero-order valence-electron chi connectivity index (χ0n) is 12.7. The number of hydrogen-bond acceptors (Lipinski definition) is 2. The Morgan fingerprint density at radius 3 is 2.70 bits per heavy atom. The number of carbonyl (C=O) groups excluding carboxylic acids is 1. The largest absolute Gasteiger partial charge is 0.508 e. The van der Waals surface area contributed by atoms with Crippen LogP contribution in [0.2, 0.25) is 0 Å². The van der Waals surface area contributed by atoms with E-state index in [0.717, 1.165) is 18.5 Å². The normalized spacial score (nSPS) is 12.1. The molecule has 0 aliphatic rings. The second-order valence-corrected chi connectivity index (χ2v) is 5.35. The molecule has 0 radical (unpaired) electrons. The van der Waals surface area contributed by atoms with Crippen LogP contribution < -0.4 is 5.32 Å². The van der Waals surface area contributed by atoms with Gasteiger partial charge < -0.3 is 10.4 Å². The number of hydrogen-bond donors (Lipinski definition) is 2. The molecule has 1 amide bonds. The summed E-state index contributed by atoms with van der Waals surface area (Å²) in [6.45, 7) is 5.14. The molecule has 3 heteroatoms. The van der Waals surface area contributed by atoms with Crippen LogP contribution in [-0.2, 0) is 11.2 Å². The van der Waals surface area contributed by atoms with Crippen LogP contribution in [0.25, 0.3) is 0 Å². The van der Waals surface area contributed by atoms with Gasteiger partial charge in [0.25, 0.3) is 0 Å². The van der Waals surface area contributed by atoms with E-state index in [1.807, 2.05) is 12.1 Å². The van der Waals surface area contributed by atoms with Crippen LogP contribution in [0.15, 0.2) is 24.3 Å². The van der Waals surface area contributed by atoms with Gasteiger partial charge in [-0.3, -0.25) is 4.79 Å². The lowest BCUT2D eigenvalue weighted by atomic mass is 9.99. The Hall–Kier alpha value is -1.51. The molecule has 0 spiro atoms. The van der Waals surface area contributed by atoms with E-state index in [0.29, 0.717) is 18.8 Å². The first-order valence-electron chi connectivity index (χ1n) is 7.70. The molecule has 1 aromatic rings. The van der Waals surface area contributed by atoms with Crippen molar-refractivity contribution >= 4 is 5.91 Å². The van der Waals surface area contributed by atoms with Gasteiger partial charge in [-0.1, -0.05) is 51.3 Å². The van der Waals surface area contributed by atoms with Crippen LogP contribution >= 0.6 is 0 Å². The average Bonchev–Trinajstić information content (AvgIpc) is 2.46. The molecule has 1 rings (SSSR count). The summed E-state index contributed by atoms with van der Waals surface area (Å²) < 4.78 is 0. The summed E-state index contributed by atoms with van der Waals surface area (Å²) in [5, 5.41) is 12.7. The molecule has 20 heavy (non-hydrogen) atoms. The standard InChI is InChI=1S/C17H27NO2/c1-3-5-8-14(4-2)13-18-17(20)12-11-15-9-6-7-10-16(15)19/h6-7,9-10,14,19H,3-5,8,11-13H2,1-2H3,(H,18,20). The monoisotopic (exact) mass is 277 g/mol. The fourth-order valence-electron chi connectivity index (χ4n) is 2.26. The van der Waals surface area contributed by atoms with Crippen molar-refractivity contribution in [1.82, 2.24) is 5.32 Å². The first-order valence-corrected chi connectivity index (χ1v) is 7.70. The number of amides is 1. The van der Waals surface area contributed by atoms with Gasteiger partial charge in [0, 0.05) is 13.0 Å². The van der Waals surface area contributed by atoms with Crippen molar-refractivity contribution in [3.63, 3.8) is 0 Å². The molecular formula is C17H27NO2. The summed E-state index contributed by atoms with van der Waals surface area (Å²) in [4.78, 5) is 11.8. The highest BCUT2D eigenvalue weighted by molar-refractivity contribution is 5.76. The highest BCUT2D eigenvalue weighted by atomic mass is 16.3. The lowest BCUT2D eigenvalue weighted by Gasteiger charge is -2.15. The Kier molecular flexibility index (Phi) is 7.78. The fraction of sp³-hybridized carbons (Fsp3) is 0.588. The second-order valence-electron chi connectivity index (χ2n) is 5.35. The van der Waals surface area contributed by atoms with E-state index in [1.54, 1.807) is 12.1 Å². The van der Waals surface area contributed by atoms with Gasteiger partial charge in [0.2, 0.25) is 5.91 Å². The van der Waals surface area contributed by atoms with Crippen molar-refractivity contribution in [2.45, 2.75) is 52.4 Å². The molecule has 2 N–H and O–H groups in total. The molecule has 0 aliphatic heterocycles. The van der Waals surface area contributed by atoms with E-state index < -0.39 is 0 Å². The first-order chi connectivity index (χ1) is 9.67. The Balaban J connectivity index is 2.28. The third-order valence-corrected chi connectivity index (χ3v) is 3.74. The molecule has 0 saturated heterocycles. The van der Waals surface area contributed by atoms with Crippen molar-refractivity contribution in [1.29, 1.82) is 0 Å². The molecule has 0 bridgehead atoms. The molecule has 0 fully saturated rings. The number of benzene rings is 1. The molecule has 112 valence electrons. The van der Waals surface area contributed by atoms with Gasteiger partial charge in [-0.25, -0.2) is 0 Å². The third kappa shape index (κ3) is 6.09. The second kappa shape index (κ2) is 9.40. The molecule has 0 saturated carbocycles. The van der Waals surface area contributed by atoms with E-state index in [2.05, 4.69) is 19.2 Å². The predicted molar refractivity (Wildman–Crippen MR) is 82.7 cm³/mol. The summed E-state index contributed by atoms with van der Waals surface area (Å²) >= 11 is 0. The van der Waals surface area contributed by atoms with Crippen molar-refractivity contribution in [2.75, 3.05) is 6.54 Å². The van der Waals surface area contributed by atoms with Crippen LogP contribution in [0, 0.1) is 5.92 Å². The Labute approximate surface area is 122 Å². The number of aryl methyl sites for hydroxylation is 1. The first kappa shape index (κ1) is 16.5. The maximum Gasteiger partial charge on any atom is 0.220 e. The van der Waals surface area contributed by atoms with Crippen LogP contribution in [0.4, 0.5) is 0 Å². The Bertz CT molecular complexity index is 404. The van der Waals surface area contributed by atoms with Crippen molar-refractivity contribution in [3.8, 4) is 5.75 Å². The van der Waals surface area contributed by atoms with Crippen LogP contribution in [0.5, 0.6) is 5.75 Å². The summed E-state index contributed by atoms with van der Waals surface area (Å²) in [5.41, 5.74) is 0.834. The topological polar surface area (TPSA) is 49.3 Å². The molecule has 3 nitrogen and oxygen atoms in total. The number of phenols is 1. The summed E-state index contributed by atoms with van der Waals surface area (Å²) in [7, 11) is 0. The number of rotatable bonds is 9. The van der Waals surface area contributed by atoms with Crippen LogP contribution in [-0.4, -0.2) is 17.6 Å². The molecule has 0 aromatic heterocycles. The van der Waals surface area contributed by atoms with E-state index >= 15 is 0 Å². The summed E-state index contributed by atoms with van der Waals surface area (Å²) in [6.07, 6.45) is 5.75. The minimum Gasteiger partial charge on any atom is -0.508 e. The fourth-order valence-corrected chi connectivity index (χ4v) is 2.26. The zero-order chi connectivity index (χ0) is 14.8. The number of para-hydroxylation sites is 1. The smallest absolute Gasteiger partial charge is 0.220 e. The number of aromatic hydroxyl groups is 1. The quantitative estimate of drug-likeness (QED) is 0.723. The van der Waals surface area contributed by atoms with Gasteiger partial charge in [0.1, 0.15) is 5.75 Å². The lowest BCUT2D eigenvalue weighted by molar-refractivity contribution is -0.121. The van der Waals surface area contributed by atoms with E-state index in [1.165, 1.54) is 19.3 Å². The van der Waals surface area contributed by atoms with Crippen LogP contribution in [0.3, 0.4) is 0 Å². The van der Waals surface area contributed by atoms with Gasteiger partial charge in [-0.15, -0.1) is 0 Å². The summed E-state index contributed by atoms with van der Waals surface area (Å²) in [6, 6.07) is 7.19. The number of carbonyl (C=O) groups is 1. The van der Waals surface area contributed by atoms with Gasteiger partial charge in [-0.05, 0) is 30.4 Å². The number of nitrogens with one attached hydrogen (secondary N) is 1. The lowest BCUT2D eigenvalue weighted by Crippen LogP contribution is -2.29. The van der Waals surface area contributed by atoms with E-state index in [4.69, 9.17) is 0 Å². The highest BCUT2D eigenvalue weighted by Gasteiger charge is 2.09. The predicted octanol–water partition coefficient (Wildman–Crippen LogP) is 3.66. The molecule has 1 atom stereocenters. The Morgan fingerprint density at radius 2 is 2.05 bits per heavy atom. The van der Waals surface area contributed by atoms with Crippen LogP contribution in [0.1, 0.15) is 51.5 Å². The third-order valence-electron chi connectivity index (χ3n) is 3.74. The average molecular weight is 277 g/mol. The number of phenolic OH excluding ortho intramolecular Hbond substituents is 1. The molecule has 0 heterocycles. The van der Waals surface area contributed by atoms with Crippen molar-refractivity contribution in [3.05, 3.63) is 29.8 Å². The maximum atomic E-state index is 11.8. The minimum absolute atomic E-state index is 0.0724. The van der Waals surface area contributed by atoms with E-state index in [9.17, 15) is 9.90 Å². The van der Waals surface area contributed by atoms with Gasteiger partial charge in [-0.2, -0.15) is 0 Å². The maximum absolute atomic E-state index is 11.8. The molecule has 1 aromatic carbocycles. The van der Waals surface area contributed by atoms with Gasteiger partial charge in [0.05, 0.1) is 0 Å². The SMILES string of the molecule is CCCCC(CC)CNC(=O)CCc1ccccc1O. The van der Waals surface area contributed by atoms with Gasteiger partial charge >= 0.3 is 0 Å². The summed E-state index contributed by atoms with van der Waals surface area (Å²) in [5.74, 6) is 0.932. The van der Waals surface area contributed by atoms with Crippen molar-refractivity contribution < 1.29 is 9.90 Å².